The molecule has 5 heteroatoms. The van der Waals surface area contributed by atoms with Crippen molar-refractivity contribution in [2.45, 2.75) is 31.7 Å². The van der Waals surface area contributed by atoms with Crippen LogP contribution in [0, 0.1) is 5.82 Å². The summed E-state index contributed by atoms with van der Waals surface area (Å²) in [5.41, 5.74) is 1.06. The van der Waals surface area contributed by atoms with Gasteiger partial charge in [0.2, 0.25) is 0 Å². The quantitative estimate of drug-likeness (QED) is 0.857. The van der Waals surface area contributed by atoms with E-state index < -0.39 is 0 Å². The Balaban J connectivity index is 1.72. The Morgan fingerprint density at radius 3 is 2.43 bits per heavy atom. The van der Waals surface area contributed by atoms with E-state index in [1.54, 1.807) is 17.0 Å². The van der Waals surface area contributed by atoms with Gasteiger partial charge in [0.05, 0.1) is 5.69 Å². The molecule has 2 aliphatic rings. The Kier molecular flexibility index (Phi) is 4.85. The van der Waals surface area contributed by atoms with Crippen LogP contribution in [0.1, 0.15) is 36.0 Å². The van der Waals surface area contributed by atoms with Gasteiger partial charge in [-0.1, -0.05) is 12.8 Å². The largest absolute Gasteiger partial charge is 0.367 e. The lowest BCUT2D eigenvalue weighted by Gasteiger charge is -2.34. The topological polar surface area (TPSA) is 26.8 Å². The van der Waals surface area contributed by atoms with E-state index in [-0.39, 0.29) is 11.7 Å². The zero-order chi connectivity index (χ0) is 16.4. The first kappa shape index (κ1) is 16.2. The molecule has 1 aromatic carbocycles. The smallest absolute Gasteiger partial charge is 0.253 e. The van der Waals surface area contributed by atoms with Gasteiger partial charge in [-0.3, -0.25) is 4.79 Å². The Labute approximate surface area is 137 Å². The molecule has 1 saturated heterocycles. The molecule has 0 radical (unpaired) electrons. The fourth-order valence-electron chi connectivity index (χ4n) is 3.60. The monoisotopic (exact) mass is 319 g/mol. The lowest BCUT2D eigenvalue weighted by Crippen LogP contribution is -2.44. The maximum Gasteiger partial charge on any atom is 0.253 e. The lowest BCUT2D eigenvalue weighted by molar-refractivity contribution is 0.0734. The first-order chi connectivity index (χ1) is 11.1. The van der Waals surface area contributed by atoms with E-state index in [0.29, 0.717) is 17.3 Å². The van der Waals surface area contributed by atoms with Gasteiger partial charge in [0.25, 0.3) is 5.91 Å². The highest BCUT2D eigenvalue weighted by Crippen LogP contribution is 2.26. The zero-order valence-corrected chi connectivity index (χ0v) is 14.1. The summed E-state index contributed by atoms with van der Waals surface area (Å²) in [6, 6.07) is 5.24. The van der Waals surface area contributed by atoms with Crippen molar-refractivity contribution in [1.82, 2.24) is 9.80 Å². The van der Waals surface area contributed by atoms with Gasteiger partial charge in [0.15, 0.2) is 0 Å². The van der Waals surface area contributed by atoms with Gasteiger partial charge < -0.3 is 14.7 Å². The molecule has 0 atom stereocenters. The Bertz CT molecular complexity index is 563. The molecule has 3 rings (SSSR count). The van der Waals surface area contributed by atoms with Gasteiger partial charge in [-0.2, -0.15) is 0 Å². The number of benzene rings is 1. The van der Waals surface area contributed by atoms with Crippen LogP contribution in [0.15, 0.2) is 18.2 Å². The van der Waals surface area contributed by atoms with E-state index in [9.17, 15) is 9.18 Å². The molecule has 0 N–H and O–H groups in total. The maximum absolute atomic E-state index is 14.5. The minimum absolute atomic E-state index is 0.0688. The molecule has 1 saturated carbocycles. The Morgan fingerprint density at radius 1 is 1.17 bits per heavy atom. The molecular formula is C18H26FN3O. The number of halogens is 1. The number of rotatable bonds is 3. The van der Waals surface area contributed by atoms with Crippen molar-refractivity contribution in [2.24, 2.45) is 0 Å². The minimum Gasteiger partial charge on any atom is -0.367 e. The molecule has 0 spiro atoms. The maximum atomic E-state index is 14.5. The van der Waals surface area contributed by atoms with Crippen LogP contribution in [0.25, 0.3) is 0 Å². The highest BCUT2D eigenvalue weighted by atomic mass is 19.1. The first-order valence-corrected chi connectivity index (χ1v) is 8.56. The number of piperazine rings is 1. The molecule has 1 amide bonds. The molecule has 23 heavy (non-hydrogen) atoms. The summed E-state index contributed by atoms with van der Waals surface area (Å²) in [6.45, 7) is 3.51. The van der Waals surface area contributed by atoms with Crippen LogP contribution >= 0.6 is 0 Å². The van der Waals surface area contributed by atoms with Crippen molar-refractivity contribution in [3.8, 4) is 0 Å². The van der Waals surface area contributed by atoms with Gasteiger partial charge in [0, 0.05) is 44.8 Å². The SMILES string of the molecule is CN1CCN(c2ccc(C(=O)N(C)C3CCCC3)cc2F)CC1. The second-order valence-corrected chi connectivity index (χ2v) is 6.81. The predicted molar refractivity (Wildman–Crippen MR) is 90.5 cm³/mol. The van der Waals surface area contributed by atoms with Crippen molar-refractivity contribution < 1.29 is 9.18 Å². The van der Waals surface area contributed by atoms with E-state index in [2.05, 4.69) is 16.8 Å². The molecular weight excluding hydrogens is 293 g/mol. The summed E-state index contributed by atoms with van der Waals surface area (Å²) in [7, 11) is 3.92. The number of nitrogens with zero attached hydrogens (tertiary/aromatic N) is 3. The van der Waals surface area contributed by atoms with E-state index in [4.69, 9.17) is 0 Å². The molecule has 1 aromatic rings. The summed E-state index contributed by atoms with van der Waals surface area (Å²) < 4.78 is 14.5. The second kappa shape index (κ2) is 6.87. The van der Waals surface area contributed by atoms with Gasteiger partial charge in [-0.05, 0) is 38.1 Å². The second-order valence-electron chi connectivity index (χ2n) is 6.81. The molecule has 1 aliphatic carbocycles. The van der Waals surface area contributed by atoms with Crippen molar-refractivity contribution in [3.63, 3.8) is 0 Å². The molecule has 0 bridgehead atoms. The average Bonchev–Trinajstić information content (AvgIpc) is 3.09. The zero-order valence-electron chi connectivity index (χ0n) is 14.1. The third-order valence-corrected chi connectivity index (χ3v) is 5.23. The lowest BCUT2D eigenvalue weighted by atomic mass is 10.1. The standard InChI is InChI=1S/C18H26FN3O/c1-20-9-11-22(12-10-20)17-8-7-14(13-16(17)19)18(23)21(2)15-5-3-4-6-15/h7-8,13,15H,3-6,9-12H2,1-2H3. The number of likely N-dealkylation sites (N-methyl/N-ethyl adjacent to an activating group) is 1. The molecule has 0 aromatic heterocycles. The fourth-order valence-corrected chi connectivity index (χ4v) is 3.60. The Morgan fingerprint density at radius 2 is 1.83 bits per heavy atom. The van der Waals surface area contributed by atoms with Crippen LogP contribution in [0.5, 0.6) is 0 Å². The fraction of sp³-hybridized carbons (Fsp3) is 0.611. The molecule has 4 nitrogen and oxygen atoms in total. The summed E-state index contributed by atoms with van der Waals surface area (Å²) >= 11 is 0. The van der Waals surface area contributed by atoms with Gasteiger partial charge in [0.1, 0.15) is 5.82 Å². The van der Waals surface area contributed by atoms with Crippen molar-refractivity contribution >= 4 is 11.6 Å². The number of anilines is 1. The number of hydrogen-bond donors (Lipinski definition) is 0. The molecule has 126 valence electrons. The molecule has 2 fully saturated rings. The van der Waals surface area contributed by atoms with E-state index in [1.165, 1.54) is 18.9 Å². The van der Waals surface area contributed by atoms with Crippen LogP contribution in [0.4, 0.5) is 10.1 Å². The summed E-state index contributed by atoms with van der Waals surface area (Å²) in [4.78, 5) is 18.6. The summed E-state index contributed by atoms with van der Waals surface area (Å²) in [5, 5.41) is 0. The van der Waals surface area contributed by atoms with Gasteiger partial charge in [-0.15, -0.1) is 0 Å². The van der Waals surface area contributed by atoms with Crippen LogP contribution in [0.3, 0.4) is 0 Å². The highest BCUT2D eigenvalue weighted by molar-refractivity contribution is 5.94. The summed E-state index contributed by atoms with van der Waals surface area (Å²) in [5.74, 6) is -0.360. The minimum atomic E-state index is -0.291. The van der Waals surface area contributed by atoms with Gasteiger partial charge >= 0.3 is 0 Å². The Hall–Kier alpha value is -1.62. The van der Waals surface area contributed by atoms with Crippen LogP contribution in [0.2, 0.25) is 0 Å². The summed E-state index contributed by atoms with van der Waals surface area (Å²) in [6.07, 6.45) is 4.48. The van der Waals surface area contributed by atoms with E-state index in [1.807, 2.05) is 7.05 Å². The molecule has 1 aliphatic heterocycles. The third-order valence-electron chi connectivity index (χ3n) is 5.23. The molecule has 0 unspecified atom stereocenters. The first-order valence-electron chi connectivity index (χ1n) is 8.56. The number of amides is 1. The number of carbonyl (C=O) groups is 1. The molecule has 1 heterocycles. The van der Waals surface area contributed by atoms with Crippen molar-refractivity contribution in [3.05, 3.63) is 29.6 Å². The predicted octanol–water partition coefficient (Wildman–Crippen LogP) is 2.59. The van der Waals surface area contributed by atoms with Crippen molar-refractivity contribution in [1.29, 1.82) is 0 Å². The number of hydrogen-bond acceptors (Lipinski definition) is 3. The van der Waals surface area contributed by atoms with E-state index >= 15 is 0 Å². The van der Waals surface area contributed by atoms with Crippen molar-refractivity contribution in [2.75, 3.05) is 45.2 Å². The number of carbonyl (C=O) groups excluding carboxylic acids is 1. The van der Waals surface area contributed by atoms with Crippen LogP contribution in [-0.2, 0) is 0 Å². The third kappa shape index (κ3) is 3.50. The normalized spacial score (nSPS) is 20.0. The van der Waals surface area contributed by atoms with Crippen LogP contribution < -0.4 is 4.90 Å². The van der Waals surface area contributed by atoms with E-state index in [0.717, 1.165) is 39.0 Å². The van der Waals surface area contributed by atoms with Gasteiger partial charge in [-0.25, -0.2) is 4.39 Å². The average molecular weight is 319 g/mol. The highest BCUT2D eigenvalue weighted by Gasteiger charge is 2.25. The van der Waals surface area contributed by atoms with Crippen LogP contribution in [-0.4, -0.2) is 62.0 Å².